The molecule has 0 aromatic carbocycles. The number of aromatic nitrogens is 1. The molecule has 3 rings (SSSR count). The maximum Gasteiger partial charge on any atom is 0.228 e. The highest BCUT2D eigenvalue weighted by molar-refractivity contribution is 5.86. The van der Waals surface area contributed by atoms with E-state index in [4.69, 9.17) is 10.00 Å². The highest BCUT2D eigenvalue weighted by atomic mass is 16.5. The molecule has 2 aliphatic rings. The third kappa shape index (κ3) is 2.85. The van der Waals surface area contributed by atoms with Crippen molar-refractivity contribution in [1.29, 1.82) is 5.26 Å². The Morgan fingerprint density at radius 1 is 1.54 bits per heavy atom. The molecule has 3 heterocycles. The first-order valence-corrected chi connectivity index (χ1v) is 8.02. The first kappa shape index (κ1) is 16.4. The fraction of sp³-hybridized carbons (Fsp3) is 0.529. The van der Waals surface area contributed by atoms with Gasteiger partial charge in [-0.1, -0.05) is 6.07 Å². The van der Waals surface area contributed by atoms with Crippen LogP contribution in [0.25, 0.3) is 0 Å². The summed E-state index contributed by atoms with van der Waals surface area (Å²) in [6.07, 6.45) is 2.41. The third-order valence-electron chi connectivity index (χ3n) is 5.03. The second-order valence-electron chi connectivity index (χ2n) is 6.37. The van der Waals surface area contributed by atoms with Crippen LogP contribution in [0.4, 0.5) is 0 Å². The van der Waals surface area contributed by atoms with Crippen LogP contribution in [-0.2, 0) is 20.7 Å². The Morgan fingerprint density at radius 3 is 3.04 bits per heavy atom. The predicted molar refractivity (Wildman–Crippen MR) is 84.7 cm³/mol. The van der Waals surface area contributed by atoms with Gasteiger partial charge in [0, 0.05) is 38.9 Å². The Morgan fingerprint density at radius 2 is 2.38 bits per heavy atom. The van der Waals surface area contributed by atoms with E-state index in [1.54, 1.807) is 30.3 Å². The molecule has 2 amide bonds. The minimum atomic E-state index is -0.536. The molecule has 7 nitrogen and oxygen atoms in total. The van der Waals surface area contributed by atoms with Crippen LogP contribution in [0.1, 0.15) is 17.7 Å². The van der Waals surface area contributed by atoms with Crippen molar-refractivity contribution in [2.45, 2.75) is 12.8 Å². The highest BCUT2D eigenvalue weighted by Gasteiger charge is 2.54. The summed E-state index contributed by atoms with van der Waals surface area (Å²) in [6, 6.07) is 5.30. The Bertz CT molecular complexity index is 682. The number of carbonyl (C=O) groups excluding carboxylic acids is 2. The topological polar surface area (TPSA) is 95.3 Å². The highest BCUT2D eigenvalue weighted by Crippen LogP contribution is 2.42. The molecule has 2 fully saturated rings. The molecule has 2 aliphatic heterocycles. The number of nitrogens with one attached hydrogen (secondary N) is 1. The van der Waals surface area contributed by atoms with Gasteiger partial charge in [-0.25, -0.2) is 4.98 Å². The monoisotopic (exact) mass is 328 g/mol. The fourth-order valence-electron chi connectivity index (χ4n) is 3.64. The van der Waals surface area contributed by atoms with Gasteiger partial charge in [-0.2, -0.15) is 5.26 Å². The largest absolute Gasteiger partial charge is 0.381 e. The summed E-state index contributed by atoms with van der Waals surface area (Å²) in [5.41, 5.74) is 0.555. The minimum absolute atomic E-state index is 0.00820. The van der Waals surface area contributed by atoms with Gasteiger partial charge in [-0.15, -0.1) is 0 Å². The summed E-state index contributed by atoms with van der Waals surface area (Å²) < 4.78 is 5.52. The van der Waals surface area contributed by atoms with Gasteiger partial charge in [-0.3, -0.25) is 9.59 Å². The Hall–Kier alpha value is -2.46. The van der Waals surface area contributed by atoms with Crippen LogP contribution in [0.3, 0.4) is 0 Å². The Kier molecular flexibility index (Phi) is 4.49. The number of likely N-dealkylation sites (tertiary alicyclic amines) is 1. The number of amides is 2. The maximum absolute atomic E-state index is 12.6. The molecule has 1 N–H and O–H groups in total. The number of fused-ring (bicyclic) bond motifs is 1. The normalized spacial score (nSPS) is 25.7. The number of rotatable bonds is 3. The third-order valence-corrected chi connectivity index (χ3v) is 5.03. The van der Waals surface area contributed by atoms with Crippen LogP contribution in [0.15, 0.2) is 18.3 Å². The van der Waals surface area contributed by atoms with E-state index in [-0.39, 0.29) is 24.2 Å². The standard InChI is InChI=1S/C17H20N4O3/c1-19-16(23)17-4-5-24-10-13(17)9-21(11-17)15(22)6-12-2-3-14(7-18)20-8-12/h2-3,8,13H,4-6,9-11H2,1H3,(H,19,23)/t13-,17+/m1/s1. The number of pyridine rings is 1. The van der Waals surface area contributed by atoms with E-state index in [1.807, 2.05) is 6.07 Å². The van der Waals surface area contributed by atoms with E-state index in [1.165, 1.54) is 0 Å². The minimum Gasteiger partial charge on any atom is -0.381 e. The molecule has 126 valence electrons. The van der Waals surface area contributed by atoms with Crippen LogP contribution in [-0.4, -0.2) is 55.0 Å². The summed E-state index contributed by atoms with van der Waals surface area (Å²) >= 11 is 0. The predicted octanol–water partition coefficient (Wildman–Crippen LogP) is 0.107. The molecule has 0 radical (unpaired) electrons. The average Bonchev–Trinajstić information content (AvgIpc) is 3.02. The lowest BCUT2D eigenvalue weighted by molar-refractivity contribution is -0.139. The van der Waals surface area contributed by atoms with E-state index in [0.717, 1.165) is 5.56 Å². The summed E-state index contributed by atoms with van der Waals surface area (Å²) in [5.74, 6) is -0.000402. The van der Waals surface area contributed by atoms with Crippen LogP contribution in [0.5, 0.6) is 0 Å². The van der Waals surface area contributed by atoms with E-state index in [0.29, 0.717) is 38.4 Å². The zero-order valence-corrected chi connectivity index (χ0v) is 13.6. The van der Waals surface area contributed by atoms with Gasteiger partial charge in [0.2, 0.25) is 11.8 Å². The van der Waals surface area contributed by atoms with Gasteiger partial charge in [0.15, 0.2) is 0 Å². The second-order valence-corrected chi connectivity index (χ2v) is 6.37. The van der Waals surface area contributed by atoms with Crippen LogP contribution < -0.4 is 5.32 Å². The molecule has 24 heavy (non-hydrogen) atoms. The molecule has 0 aliphatic carbocycles. The Balaban J connectivity index is 1.72. The van der Waals surface area contributed by atoms with E-state index < -0.39 is 5.41 Å². The van der Waals surface area contributed by atoms with Gasteiger partial charge >= 0.3 is 0 Å². The lowest BCUT2D eigenvalue weighted by Gasteiger charge is -2.36. The van der Waals surface area contributed by atoms with E-state index in [2.05, 4.69) is 10.3 Å². The van der Waals surface area contributed by atoms with Crippen molar-refractivity contribution in [1.82, 2.24) is 15.2 Å². The SMILES string of the molecule is CNC(=O)[C@]12CCOC[C@H]1CN(C(=O)Cc1ccc(C#N)nc1)C2. The quantitative estimate of drug-likeness (QED) is 0.849. The average molecular weight is 328 g/mol. The lowest BCUT2D eigenvalue weighted by Crippen LogP contribution is -2.49. The van der Waals surface area contributed by atoms with Crippen molar-refractivity contribution in [2.75, 3.05) is 33.4 Å². The molecule has 0 saturated carbocycles. The van der Waals surface area contributed by atoms with Gasteiger partial charge < -0.3 is 15.0 Å². The molecule has 0 bridgehead atoms. The number of carbonyl (C=O) groups is 2. The maximum atomic E-state index is 12.6. The summed E-state index contributed by atoms with van der Waals surface area (Å²) in [7, 11) is 1.64. The molecular formula is C17H20N4O3. The molecule has 2 atom stereocenters. The molecule has 7 heteroatoms. The molecular weight excluding hydrogens is 308 g/mol. The van der Waals surface area contributed by atoms with E-state index >= 15 is 0 Å². The number of nitrogens with zero attached hydrogens (tertiary/aromatic N) is 3. The van der Waals surface area contributed by atoms with Crippen molar-refractivity contribution in [3.8, 4) is 6.07 Å². The summed E-state index contributed by atoms with van der Waals surface area (Å²) in [4.78, 5) is 30.8. The van der Waals surface area contributed by atoms with Gasteiger partial charge in [0.25, 0.3) is 0 Å². The van der Waals surface area contributed by atoms with E-state index in [9.17, 15) is 9.59 Å². The number of hydrogen-bond acceptors (Lipinski definition) is 5. The second kappa shape index (κ2) is 6.57. The number of hydrogen-bond donors (Lipinski definition) is 1. The van der Waals surface area contributed by atoms with Gasteiger partial charge in [0.1, 0.15) is 11.8 Å². The van der Waals surface area contributed by atoms with Gasteiger partial charge in [-0.05, 0) is 18.1 Å². The van der Waals surface area contributed by atoms with Gasteiger partial charge in [0.05, 0.1) is 18.4 Å². The first-order valence-electron chi connectivity index (χ1n) is 8.02. The molecule has 0 unspecified atom stereocenters. The van der Waals surface area contributed by atoms with Crippen molar-refractivity contribution < 1.29 is 14.3 Å². The number of nitriles is 1. The first-order chi connectivity index (χ1) is 11.6. The molecule has 1 aromatic heterocycles. The molecule has 2 saturated heterocycles. The summed E-state index contributed by atoms with van der Waals surface area (Å²) in [6.45, 7) is 2.03. The summed E-state index contributed by atoms with van der Waals surface area (Å²) in [5, 5.41) is 11.5. The van der Waals surface area contributed by atoms with Crippen molar-refractivity contribution in [3.63, 3.8) is 0 Å². The van der Waals surface area contributed by atoms with Crippen LogP contribution in [0.2, 0.25) is 0 Å². The van der Waals surface area contributed by atoms with Crippen molar-refractivity contribution >= 4 is 11.8 Å². The van der Waals surface area contributed by atoms with Crippen LogP contribution in [0, 0.1) is 22.7 Å². The fourth-order valence-corrected chi connectivity index (χ4v) is 3.64. The Labute approximate surface area is 140 Å². The van der Waals surface area contributed by atoms with Crippen LogP contribution >= 0.6 is 0 Å². The number of ether oxygens (including phenoxy) is 1. The zero-order chi connectivity index (χ0) is 17.2. The van der Waals surface area contributed by atoms with Crippen molar-refractivity contribution in [3.05, 3.63) is 29.6 Å². The molecule has 0 spiro atoms. The lowest BCUT2D eigenvalue weighted by atomic mass is 9.73. The zero-order valence-electron chi connectivity index (χ0n) is 13.6. The smallest absolute Gasteiger partial charge is 0.228 e. The van der Waals surface area contributed by atoms with Crippen molar-refractivity contribution in [2.24, 2.45) is 11.3 Å². The molecule has 1 aromatic rings.